The van der Waals surface area contributed by atoms with E-state index in [9.17, 15) is 4.79 Å². The highest BCUT2D eigenvalue weighted by atomic mass is 127. The number of para-hydroxylation sites is 1. The Morgan fingerprint density at radius 2 is 2.23 bits per heavy atom. The number of rotatable bonds is 4. The number of aliphatic imine (C=N–C) groups is 1. The van der Waals surface area contributed by atoms with Crippen molar-refractivity contribution in [3.8, 4) is 0 Å². The number of guanidine groups is 1. The number of likely N-dealkylation sites (tertiary alicyclic amines) is 1. The summed E-state index contributed by atoms with van der Waals surface area (Å²) in [6, 6.07) is 10.4. The van der Waals surface area contributed by atoms with Crippen LogP contribution >= 0.6 is 24.0 Å². The summed E-state index contributed by atoms with van der Waals surface area (Å²) >= 11 is 0. The number of fused-ring (bicyclic) bond motifs is 1. The topological polar surface area (TPSA) is 69.7 Å². The van der Waals surface area contributed by atoms with Crippen molar-refractivity contribution in [1.29, 1.82) is 0 Å². The van der Waals surface area contributed by atoms with Gasteiger partial charge in [-0.2, -0.15) is 0 Å². The summed E-state index contributed by atoms with van der Waals surface area (Å²) in [6.45, 7) is 4.51. The maximum absolute atomic E-state index is 12.0. The van der Waals surface area contributed by atoms with Crippen LogP contribution in [0.5, 0.6) is 0 Å². The van der Waals surface area contributed by atoms with Gasteiger partial charge in [0, 0.05) is 31.3 Å². The van der Waals surface area contributed by atoms with Crippen LogP contribution in [0.1, 0.15) is 25.5 Å². The molecule has 1 aliphatic heterocycles. The molecule has 0 spiro atoms. The van der Waals surface area contributed by atoms with Crippen molar-refractivity contribution in [3.05, 3.63) is 36.0 Å². The molecule has 6 nitrogen and oxygen atoms in total. The number of nitrogens with zero attached hydrogens (tertiary/aromatic N) is 2. The highest BCUT2D eigenvalue weighted by Crippen LogP contribution is 2.18. The van der Waals surface area contributed by atoms with Gasteiger partial charge in [0.15, 0.2) is 5.96 Å². The molecule has 142 valence electrons. The first-order chi connectivity index (χ1) is 12.2. The van der Waals surface area contributed by atoms with Crippen molar-refractivity contribution in [1.82, 2.24) is 15.2 Å². The van der Waals surface area contributed by atoms with Gasteiger partial charge in [0.2, 0.25) is 0 Å². The van der Waals surface area contributed by atoms with Crippen molar-refractivity contribution < 1.29 is 9.53 Å². The standard InChI is InChI=1S/C19H26N4O2.HI/c1-3-25-18(24)15-8-6-10-23(13-15)19(20-2)21-12-16-11-14-7-4-5-9-17(14)22-16;/h4-5,7,9,11,15,22H,3,6,8,10,12-13H2,1-2H3,(H,20,21);1H. The lowest BCUT2D eigenvalue weighted by Crippen LogP contribution is -2.48. The Kier molecular flexibility index (Phi) is 7.74. The highest BCUT2D eigenvalue weighted by Gasteiger charge is 2.28. The molecule has 0 bridgehead atoms. The fourth-order valence-corrected chi connectivity index (χ4v) is 3.36. The third-order valence-electron chi connectivity index (χ3n) is 4.58. The lowest BCUT2D eigenvalue weighted by atomic mass is 9.98. The largest absolute Gasteiger partial charge is 0.466 e. The maximum atomic E-state index is 12.0. The first-order valence-electron chi connectivity index (χ1n) is 8.90. The van der Waals surface area contributed by atoms with E-state index >= 15 is 0 Å². The highest BCUT2D eigenvalue weighted by molar-refractivity contribution is 14.0. The Bertz CT molecular complexity index is 726. The van der Waals surface area contributed by atoms with E-state index in [0.29, 0.717) is 19.7 Å². The molecular formula is C19H27IN4O2. The number of carbonyl (C=O) groups excluding carboxylic acids is 1. The molecule has 0 aliphatic carbocycles. The van der Waals surface area contributed by atoms with Gasteiger partial charge in [0.25, 0.3) is 0 Å². The molecule has 1 aliphatic rings. The Balaban J connectivity index is 0.00000243. The van der Waals surface area contributed by atoms with Crippen molar-refractivity contribution in [2.75, 3.05) is 26.7 Å². The van der Waals surface area contributed by atoms with E-state index in [1.54, 1.807) is 7.05 Å². The summed E-state index contributed by atoms with van der Waals surface area (Å²) in [5, 5.41) is 4.60. The Morgan fingerprint density at radius 3 is 2.96 bits per heavy atom. The normalized spacial score (nSPS) is 17.7. The fourth-order valence-electron chi connectivity index (χ4n) is 3.36. The number of aromatic amines is 1. The minimum absolute atomic E-state index is 0. The summed E-state index contributed by atoms with van der Waals surface area (Å²) in [7, 11) is 1.78. The number of aromatic nitrogens is 1. The van der Waals surface area contributed by atoms with E-state index < -0.39 is 0 Å². The molecule has 1 saturated heterocycles. The lowest BCUT2D eigenvalue weighted by molar-refractivity contribution is -0.149. The molecule has 1 atom stereocenters. The Hall–Kier alpha value is -1.77. The second-order valence-corrected chi connectivity index (χ2v) is 6.32. The number of halogens is 1. The van der Waals surface area contributed by atoms with Crippen LogP contribution in [0.3, 0.4) is 0 Å². The van der Waals surface area contributed by atoms with E-state index in [4.69, 9.17) is 4.74 Å². The molecule has 2 aromatic rings. The van der Waals surface area contributed by atoms with Gasteiger partial charge in [0.1, 0.15) is 0 Å². The number of benzene rings is 1. The quantitative estimate of drug-likeness (QED) is 0.312. The third-order valence-corrected chi connectivity index (χ3v) is 4.58. The molecule has 0 radical (unpaired) electrons. The maximum Gasteiger partial charge on any atom is 0.310 e. The Labute approximate surface area is 171 Å². The van der Waals surface area contributed by atoms with E-state index in [-0.39, 0.29) is 35.9 Å². The second-order valence-electron chi connectivity index (χ2n) is 6.32. The molecule has 0 saturated carbocycles. The van der Waals surface area contributed by atoms with E-state index in [1.165, 1.54) is 5.39 Å². The van der Waals surface area contributed by atoms with Crippen LogP contribution in [-0.2, 0) is 16.1 Å². The number of ether oxygens (including phenoxy) is 1. The summed E-state index contributed by atoms with van der Waals surface area (Å²) in [4.78, 5) is 22.0. The predicted molar refractivity (Wildman–Crippen MR) is 115 cm³/mol. The SMILES string of the molecule is CCOC(=O)C1CCCN(C(=NC)NCc2cc3ccccc3[nH]2)C1.I. The van der Waals surface area contributed by atoms with E-state index in [0.717, 1.165) is 36.6 Å². The Morgan fingerprint density at radius 1 is 1.42 bits per heavy atom. The van der Waals surface area contributed by atoms with Crippen molar-refractivity contribution in [3.63, 3.8) is 0 Å². The zero-order valence-electron chi connectivity index (χ0n) is 15.3. The molecule has 3 rings (SSSR count). The van der Waals surface area contributed by atoms with Crippen LogP contribution in [-0.4, -0.2) is 48.6 Å². The number of nitrogens with one attached hydrogen (secondary N) is 2. The average molecular weight is 470 g/mol. The van der Waals surface area contributed by atoms with E-state index in [1.807, 2.05) is 19.1 Å². The van der Waals surface area contributed by atoms with Crippen LogP contribution in [0.4, 0.5) is 0 Å². The van der Waals surface area contributed by atoms with Crippen LogP contribution in [0.2, 0.25) is 0 Å². The molecule has 2 N–H and O–H groups in total. The molecule has 1 aromatic carbocycles. The molecule has 26 heavy (non-hydrogen) atoms. The summed E-state index contributed by atoms with van der Waals surface area (Å²) in [6.07, 6.45) is 1.85. The number of piperidine rings is 1. The number of hydrogen-bond donors (Lipinski definition) is 2. The smallest absolute Gasteiger partial charge is 0.310 e. The minimum Gasteiger partial charge on any atom is -0.466 e. The number of hydrogen-bond acceptors (Lipinski definition) is 3. The molecule has 1 fully saturated rings. The first-order valence-corrected chi connectivity index (χ1v) is 8.90. The summed E-state index contributed by atoms with van der Waals surface area (Å²) in [5.41, 5.74) is 2.25. The number of H-pyrrole nitrogens is 1. The number of carbonyl (C=O) groups is 1. The number of esters is 1. The van der Waals surface area contributed by atoms with Crippen LogP contribution in [0.25, 0.3) is 10.9 Å². The van der Waals surface area contributed by atoms with Crippen LogP contribution in [0, 0.1) is 5.92 Å². The fraction of sp³-hybridized carbons (Fsp3) is 0.474. The molecule has 2 heterocycles. The van der Waals surface area contributed by atoms with Gasteiger partial charge in [0.05, 0.1) is 19.1 Å². The zero-order chi connectivity index (χ0) is 17.6. The predicted octanol–water partition coefficient (Wildman–Crippen LogP) is 3.14. The monoisotopic (exact) mass is 470 g/mol. The molecule has 0 amide bonds. The van der Waals surface area contributed by atoms with Gasteiger partial charge in [-0.3, -0.25) is 9.79 Å². The van der Waals surface area contributed by atoms with Crippen LogP contribution in [0.15, 0.2) is 35.3 Å². The zero-order valence-corrected chi connectivity index (χ0v) is 17.7. The molecular weight excluding hydrogens is 443 g/mol. The van der Waals surface area contributed by atoms with Gasteiger partial charge in [-0.1, -0.05) is 18.2 Å². The first kappa shape index (κ1) is 20.5. The van der Waals surface area contributed by atoms with Crippen LogP contribution < -0.4 is 5.32 Å². The second kappa shape index (κ2) is 9.80. The average Bonchev–Trinajstić information content (AvgIpc) is 3.05. The van der Waals surface area contributed by atoms with Crippen molar-refractivity contribution >= 4 is 46.8 Å². The van der Waals surface area contributed by atoms with Gasteiger partial charge in [-0.15, -0.1) is 24.0 Å². The summed E-state index contributed by atoms with van der Waals surface area (Å²) in [5.74, 6) is 0.659. The van der Waals surface area contributed by atoms with Gasteiger partial charge >= 0.3 is 5.97 Å². The lowest BCUT2D eigenvalue weighted by Gasteiger charge is -2.33. The molecule has 1 aromatic heterocycles. The third kappa shape index (κ3) is 4.90. The van der Waals surface area contributed by atoms with Gasteiger partial charge in [-0.05, 0) is 37.3 Å². The van der Waals surface area contributed by atoms with Crippen molar-refractivity contribution in [2.24, 2.45) is 10.9 Å². The van der Waals surface area contributed by atoms with Gasteiger partial charge in [-0.25, -0.2) is 0 Å². The molecule has 7 heteroatoms. The van der Waals surface area contributed by atoms with Gasteiger partial charge < -0.3 is 19.9 Å². The minimum atomic E-state index is -0.0988. The molecule has 1 unspecified atom stereocenters. The van der Waals surface area contributed by atoms with Crippen molar-refractivity contribution in [2.45, 2.75) is 26.3 Å². The van der Waals surface area contributed by atoms with E-state index in [2.05, 4.69) is 38.4 Å². The summed E-state index contributed by atoms with van der Waals surface area (Å²) < 4.78 is 5.18.